The van der Waals surface area contributed by atoms with E-state index in [0.29, 0.717) is 11.8 Å². The van der Waals surface area contributed by atoms with Crippen LogP contribution in [0.3, 0.4) is 0 Å². The molecule has 0 spiro atoms. The van der Waals surface area contributed by atoms with E-state index in [0.717, 1.165) is 0 Å². The normalized spacial score (nSPS) is 17.5. The van der Waals surface area contributed by atoms with Crippen LogP contribution in [0.2, 0.25) is 0 Å². The third kappa shape index (κ3) is 1.40. The second kappa shape index (κ2) is 2.84. The average Bonchev–Trinajstić information content (AvgIpc) is 1.80. The molecule has 0 aromatic rings. The summed E-state index contributed by atoms with van der Waals surface area (Å²) in [7, 11) is 0. The SMILES string of the molecule is CC1=CC(C(C)C)=C1C(C)C. The summed E-state index contributed by atoms with van der Waals surface area (Å²) in [6.07, 6.45) is 2.32. The van der Waals surface area contributed by atoms with Crippen molar-refractivity contribution in [2.24, 2.45) is 11.8 Å². The van der Waals surface area contributed by atoms with Gasteiger partial charge in [-0.25, -0.2) is 0 Å². The zero-order valence-corrected chi connectivity index (χ0v) is 8.23. The third-order valence-electron chi connectivity index (χ3n) is 2.31. The Morgan fingerprint density at radius 2 is 1.55 bits per heavy atom. The predicted molar refractivity (Wildman–Crippen MR) is 50.5 cm³/mol. The minimum atomic E-state index is 0.705. The van der Waals surface area contributed by atoms with Gasteiger partial charge in [-0.2, -0.15) is 0 Å². The summed E-state index contributed by atoms with van der Waals surface area (Å²) in [5, 5.41) is 0. The van der Waals surface area contributed by atoms with Gasteiger partial charge in [0.25, 0.3) is 0 Å². The van der Waals surface area contributed by atoms with E-state index in [1.165, 1.54) is 5.57 Å². The van der Waals surface area contributed by atoms with Crippen LogP contribution < -0.4 is 0 Å². The molecule has 11 heavy (non-hydrogen) atoms. The van der Waals surface area contributed by atoms with Gasteiger partial charge in [0.1, 0.15) is 0 Å². The van der Waals surface area contributed by atoms with Crippen LogP contribution in [0.1, 0.15) is 34.6 Å². The zero-order chi connectivity index (χ0) is 8.59. The maximum Gasteiger partial charge on any atom is -0.0213 e. The van der Waals surface area contributed by atoms with Gasteiger partial charge < -0.3 is 0 Å². The monoisotopic (exact) mass is 150 g/mol. The Morgan fingerprint density at radius 1 is 1.00 bits per heavy atom. The Labute approximate surface area is 70.0 Å². The maximum absolute atomic E-state index is 2.32. The van der Waals surface area contributed by atoms with Gasteiger partial charge in [0, 0.05) is 0 Å². The summed E-state index contributed by atoms with van der Waals surface area (Å²) in [6, 6.07) is 0. The Balaban J connectivity index is 2.80. The highest BCUT2D eigenvalue weighted by molar-refractivity contribution is 5.53. The zero-order valence-electron chi connectivity index (χ0n) is 8.23. The smallest absolute Gasteiger partial charge is 0.0213 e. The minimum absolute atomic E-state index is 0.705. The second-order valence-electron chi connectivity index (χ2n) is 4.01. The third-order valence-corrected chi connectivity index (χ3v) is 2.31. The lowest BCUT2D eigenvalue weighted by atomic mass is 9.78. The molecule has 0 N–H and O–H groups in total. The standard InChI is InChI=1S/C11H18/c1-7(2)10-6-9(5)11(10)8(3)4/h6-8H,1-5H3. The fourth-order valence-corrected chi connectivity index (χ4v) is 1.81. The highest BCUT2D eigenvalue weighted by Gasteiger charge is 2.20. The molecule has 0 heteroatoms. The summed E-state index contributed by atoms with van der Waals surface area (Å²) < 4.78 is 0. The van der Waals surface area contributed by atoms with Crippen LogP contribution in [0.5, 0.6) is 0 Å². The fourth-order valence-electron chi connectivity index (χ4n) is 1.81. The maximum atomic E-state index is 2.32. The van der Waals surface area contributed by atoms with Crippen molar-refractivity contribution in [3.05, 3.63) is 22.8 Å². The Kier molecular flexibility index (Phi) is 2.22. The molecule has 0 radical (unpaired) electrons. The number of hydrogen-bond acceptors (Lipinski definition) is 0. The second-order valence-corrected chi connectivity index (χ2v) is 4.01. The number of rotatable bonds is 2. The average molecular weight is 150 g/mol. The van der Waals surface area contributed by atoms with Crippen molar-refractivity contribution in [3.8, 4) is 0 Å². The molecule has 1 aliphatic carbocycles. The Morgan fingerprint density at radius 3 is 1.73 bits per heavy atom. The van der Waals surface area contributed by atoms with Crippen LogP contribution in [0, 0.1) is 11.8 Å². The first kappa shape index (κ1) is 8.58. The van der Waals surface area contributed by atoms with Crippen LogP contribution >= 0.6 is 0 Å². The van der Waals surface area contributed by atoms with E-state index in [-0.39, 0.29) is 0 Å². The molecule has 0 atom stereocenters. The van der Waals surface area contributed by atoms with Crippen LogP contribution in [0.15, 0.2) is 22.8 Å². The quantitative estimate of drug-likeness (QED) is 0.564. The van der Waals surface area contributed by atoms with E-state index in [9.17, 15) is 0 Å². The topological polar surface area (TPSA) is 0 Å². The molecule has 1 rings (SSSR count). The van der Waals surface area contributed by atoms with Crippen molar-refractivity contribution in [2.75, 3.05) is 0 Å². The summed E-state index contributed by atoms with van der Waals surface area (Å²) in [6.45, 7) is 11.3. The van der Waals surface area contributed by atoms with E-state index >= 15 is 0 Å². The minimum Gasteiger partial charge on any atom is -0.0587 e. The highest BCUT2D eigenvalue weighted by atomic mass is 14.3. The predicted octanol–water partition coefficient (Wildman–Crippen LogP) is 3.55. The molecular formula is C11H18. The lowest BCUT2D eigenvalue weighted by molar-refractivity contribution is 0.691. The van der Waals surface area contributed by atoms with Gasteiger partial charge in [-0.3, -0.25) is 0 Å². The van der Waals surface area contributed by atoms with Crippen LogP contribution in [-0.4, -0.2) is 0 Å². The molecule has 0 fully saturated rings. The molecule has 0 aromatic carbocycles. The first-order chi connectivity index (χ1) is 5.04. The van der Waals surface area contributed by atoms with Crippen molar-refractivity contribution in [1.82, 2.24) is 0 Å². The number of hydrogen-bond donors (Lipinski definition) is 0. The first-order valence-corrected chi connectivity index (χ1v) is 4.46. The largest absolute Gasteiger partial charge is 0.0587 e. The molecule has 62 valence electrons. The molecular weight excluding hydrogens is 132 g/mol. The van der Waals surface area contributed by atoms with E-state index < -0.39 is 0 Å². The Hall–Kier alpha value is -0.520. The molecule has 0 bridgehead atoms. The molecule has 0 unspecified atom stereocenters. The highest BCUT2D eigenvalue weighted by Crippen LogP contribution is 2.36. The lowest BCUT2D eigenvalue weighted by Crippen LogP contribution is -2.12. The first-order valence-electron chi connectivity index (χ1n) is 4.46. The summed E-state index contributed by atoms with van der Waals surface area (Å²) in [5.41, 5.74) is 4.65. The van der Waals surface area contributed by atoms with Gasteiger partial charge >= 0.3 is 0 Å². The Bertz CT molecular complexity index is 214. The fraction of sp³-hybridized carbons (Fsp3) is 0.636. The molecule has 0 saturated heterocycles. The summed E-state index contributed by atoms with van der Waals surface area (Å²) in [4.78, 5) is 0. The van der Waals surface area contributed by atoms with Crippen LogP contribution in [0.25, 0.3) is 0 Å². The van der Waals surface area contributed by atoms with Gasteiger partial charge in [-0.1, -0.05) is 33.8 Å². The summed E-state index contributed by atoms with van der Waals surface area (Å²) in [5.74, 6) is 1.41. The van der Waals surface area contributed by atoms with E-state index in [2.05, 4.69) is 40.7 Å². The molecule has 0 amide bonds. The van der Waals surface area contributed by atoms with Crippen molar-refractivity contribution in [1.29, 1.82) is 0 Å². The molecule has 0 nitrogen and oxygen atoms in total. The van der Waals surface area contributed by atoms with E-state index in [1.807, 2.05) is 0 Å². The molecule has 0 heterocycles. The van der Waals surface area contributed by atoms with E-state index in [4.69, 9.17) is 0 Å². The number of allylic oxidation sites excluding steroid dienone is 4. The van der Waals surface area contributed by atoms with Crippen LogP contribution in [0.4, 0.5) is 0 Å². The molecule has 0 saturated carbocycles. The van der Waals surface area contributed by atoms with Crippen molar-refractivity contribution in [3.63, 3.8) is 0 Å². The van der Waals surface area contributed by atoms with E-state index in [1.54, 1.807) is 11.1 Å². The van der Waals surface area contributed by atoms with Gasteiger partial charge in [-0.05, 0) is 35.5 Å². The van der Waals surface area contributed by atoms with Gasteiger partial charge in [0.2, 0.25) is 0 Å². The van der Waals surface area contributed by atoms with Gasteiger partial charge in [0.05, 0.1) is 0 Å². The van der Waals surface area contributed by atoms with Crippen molar-refractivity contribution >= 4 is 0 Å². The van der Waals surface area contributed by atoms with Gasteiger partial charge in [-0.15, -0.1) is 0 Å². The van der Waals surface area contributed by atoms with Crippen LogP contribution in [-0.2, 0) is 0 Å². The molecule has 1 aliphatic rings. The van der Waals surface area contributed by atoms with Gasteiger partial charge in [0.15, 0.2) is 0 Å². The molecule has 0 aliphatic heterocycles. The lowest BCUT2D eigenvalue weighted by Gasteiger charge is -2.27. The van der Waals surface area contributed by atoms with Crippen molar-refractivity contribution in [2.45, 2.75) is 34.6 Å². The summed E-state index contributed by atoms with van der Waals surface area (Å²) >= 11 is 0. The molecule has 0 aromatic heterocycles. The van der Waals surface area contributed by atoms with Crippen molar-refractivity contribution < 1.29 is 0 Å².